The lowest BCUT2D eigenvalue weighted by atomic mass is 9.86. The zero-order valence-electron chi connectivity index (χ0n) is 12.1. The van der Waals surface area contributed by atoms with Gasteiger partial charge in [-0.2, -0.15) is 0 Å². The molecule has 1 rings (SSSR count). The molecule has 0 unspecified atom stereocenters. The second-order valence-electron chi connectivity index (χ2n) is 5.25. The van der Waals surface area contributed by atoms with Gasteiger partial charge in [-0.25, -0.2) is 0 Å². The van der Waals surface area contributed by atoms with Crippen LogP contribution in [0.1, 0.15) is 26.7 Å². The van der Waals surface area contributed by atoms with E-state index in [4.69, 9.17) is 27.3 Å². The van der Waals surface area contributed by atoms with Gasteiger partial charge in [-0.1, -0.05) is 30.6 Å². The number of hydrogen-bond donors (Lipinski definition) is 3. The van der Waals surface area contributed by atoms with Crippen LogP contribution in [0.2, 0.25) is 5.02 Å². The highest BCUT2D eigenvalue weighted by atomic mass is 35.5. The van der Waals surface area contributed by atoms with Crippen molar-refractivity contribution in [2.45, 2.75) is 26.7 Å². The van der Waals surface area contributed by atoms with Crippen molar-refractivity contribution in [1.29, 1.82) is 0 Å². The molecule has 0 aromatic heterocycles. The van der Waals surface area contributed by atoms with Gasteiger partial charge in [0.2, 0.25) is 0 Å². The van der Waals surface area contributed by atoms with E-state index >= 15 is 0 Å². The number of anilines is 1. The Morgan fingerprint density at radius 1 is 1.50 bits per heavy atom. The third-order valence-corrected chi connectivity index (χ3v) is 3.60. The van der Waals surface area contributed by atoms with Crippen LogP contribution in [0, 0.1) is 5.41 Å². The van der Waals surface area contributed by atoms with Crippen molar-refractivity contribution in [2.75, 3.05) is 19.0 Å². The van der Waals surface area contributed by atoms with Crippen LogP contribution >= 0.6 is 11.6 Å². The van der Waals surface area contributed by atoms with E-state index in [1.807, 2.05) is 26.0 Å². The van der Waals surface area contributed by atoms with Crippen LogP contribution < -0.4 is 15.8 Å². The van der Waals surface area contributed by atoms with Crippen molar-refractivity contribution >= 4 is 23.1 Å². The van der Waals surface area contributed by atoms with Crippen LogP contribution in [0.4, 0.5) is 5.69 Å². The first-order valence-corrected chi connectivity index (χ1v) is 6.84. The van der Waals surface area contributed by atoms with E-state index in [-0.39, 0.29) is 11.3 Å². The van der Waals surface area contributed by atoms with Gasteiger partial charge in [0, 0.05) is 18.0 Å². The molecule has 20 heavy (non-hydrogen) atoms. The molecule has 0 atom stereocenters. The molecule has 0 aliphatic carbocycles. The fraction of sp³-hybridized carbons (Fsp3) is 0.500. The fourth-order valence-corrected chi connectivity index (χ4v) is 1.97. The molecule has 0 radical (unpaired) electrons. The fourth-order valence-electron chi connectivity index (χ4n) is 1.78. The Bertz CT molecular complexity index is 475. The standard InChI is InChI=1S/C14H22ClN3O2/c1-14(2,13(16)18-19)7-4-8-17-12-9-10(20-3)5-6-11(12)15/h5-6,9,17,19H,4,7-8H2,1-3H3,(H2,16,18). The van der Waals surface area contributed by atoms with E-state index in [2.05, 4.69) is 10.5 Å². The number of nitrogens with zero attached hydrogens (tertiary/aromatic N) is 1. The summed E-state index contributed by atoms with van der Waals surface area (Å²) in [5.74, 6) is 1.01. The molecule has 0 saturated heterocycles. The van der Waals surface area contributed by atoms with E-state index in [0.29, 0.717) is 5.02 Å². The lowest BCUT2D eigenvalue weighted by molar-refractivity contribution is 0.305. The zero-order chi connectivity index (χ0) is 15.2. The molecule has 5 nitrogen and oxygen atoms in total. The van der Waals surface area contributed by atoms with Crippen LogP contribution in [0.3, 0.4) is 0 Å². The number of hydrogen-bond acceptors (Lipinski definition) is 4. The highest BCUT2D eigenvalue weighted by Gasteiger charge is 2.22. The molecular formula is C14H22ClN3O2. The predicted molar refractivity (Wildman–Crippen MR) is 82.9 cm³/mol. The molecule has 1 aromatic carbocycles. The lowest BCUT2D eigenvalue weighted by Crippen LogP contribution is -2.32. The Hall–Kier alpha value is -1.62. The van der Waals surface area contributed by atoms with Gasteiger partial charge in [0.25, 0.3) is 0 Å². The maximum atomic E-state index is 8.72. The largest absolute Gasteiger partial charge is 0.497 e. The number of nitrogens with two attached hydrogens (primary N) is 1. The van der Waals surface area contributed by atoms with Gasteiger partial charge in [0.1, 0.15) is 11.6 Å². The molecule has 0 amide bonds. The van der Waals surface area contributed by atoms with Gasteiger partial charge in [-0.3, -0.25) is 0 Å². The highest BCUT2D eigenvalue weighted by molar-refractivity contribution is 6.33. The number of oxime groups is 1. The number of amidine groups is 1. The van der Waals surface area contributed by atoms with Crippen molar-refractivity contribution in [3.05, 3.63) is 23.2 Å². The first kappa shape index (κ1) is 16.4. The summed E-state index contributed by atoms with van der Waals surface area (Å²) in [7, 11) is 1.62. The zero-order valence-corrected chi connectivity index (χ0v) is 12.9. The predicted octanol–water partition coefficient (Wildman–Crippen LogP) is 3.31. The average Bonchev–Trinajstić information content (AvgIpc) is 2.44. The number of rotatable bonds is 7. The van der Waals surface area contributed by atoms with Crippen LogP contribution in [-0.2, 0) is 0 Å². The lowest BCUT2D eigenvalue weighted by Gasteiger charge is -2.22. The molecule has 6 heteroatoms. The van der Waals surface area contributed by atoms with Crippen molar-refractivity contribution < 1.29 is 9.94 Å². The third-order valence-electron chi connectivity index (χ3n) is 3.27. The summed E-state index contributed by atoms with van der Waals surface area (Å²) >= 11 is 6.10. The van der Waals surface area contributed by atoms with Crippen LogP contribution in [-0.4, -0.2) is 24.7 Å². The monoisotopic (exact) mass is 299 g/mol. The quantitative estimate of drug-likeness (QED) is 0.237. The highest BCUT2D eigenvalue weighted by Crippen LogP contribution is 2.27. The summed E-state index contributed by atoms with van der Waals surface area (Å²) < 4.78 is 5.16. The van der Waals surface area contributed by atoms with Crippen molar-refractivity contribution in [3.8, 4) is 5.75 Å². The van der Waals surface area contributed by atoms with Crippen LogP contribution in [0.5, 0.6) is 5.75 Å². The molecule has 112 valence electrons. The van der Waals surface area contributed by atoms with E-state index in [0.717, 1.165) is 30.8 Å². The molecule has 1 aromatic rings. The molecule has 0 heterocycles. The molecule has 0 bridgehead atoms. The SMILES string of the molecule is COc1ccc(Cl)c(NCCCC(C)(C)C(N)=NO)c1. The molecule has 4 N–H and O–H groups in total. The topological polar surface area (TPSA) is 79.9 Å². The maximum Gasteiger partial charge on any atom is 0.144 e. The van der Waals surface area contributed by atoms with Gasteiger partial charge in [0.05, 0.1) is 17.8 Å². The van der Waals surface area contributed by atoms with Gasteiger partial charge in [0.15, 0.2) is 0 Å². The minimum atomic E-state index is -0.325. The summed E-state index contributed by atoms with van der Waals surface area (Å²) in [6, 6.07) is 5.47. The first-order valence-electron chi connectivity index (χ1n) is 6.46. The number of nitrogens with one attached hydrogen (secondary N) is 1. The molecule has 0 saturated carbocycles. The number of ether oxygens (including phenoxy) is 1. The maximum absolute atomic E-state index is 8.72. The minimum absolute atomic E-state index is 0.247. The Labute approximate surface area is 124 Å². The van der Waals surface area contributed by atoms with Gasteiger partial charge >= 0.3 is 0 Å². The molecule has 0 fully saturated rings. The Morgan fingerprint density at radius 3 is 2.80 bits per heavy atom. The Kier molecular flexibility index (Phi) is 5.95. The summed E-state index contributed by atoms with van der Waals surface area (Å²) in [4.78, 5) is 0. The van der Waals surface area contributed by atoms with Crippen molar-refractivity contribution in [2.24, 2.45) is 16.3 Å². The Balaban J connectivity index is 2.49. The molecule has 0 aliphatic rings. The summed E-state index contributed by atoms with van der Waals surface area (Å²) in [5.41, 5.74) is 6.16. The van der Waals surface area contributed by atoms with Gasteiger partial charge in [-0.15, -0.1) is 0 Å². The van der Waals surface area contributed by atoms with Crippen LogP contribution in [0.25, 0.3) is 0 Å². The summed E-state index contributed by atoms with van der Waals surface area (Å²) in [5, 5.41) is 15.7. The van der Waals surface area contributed by atoms with E-state index < -0.39 is 0 Å². The number of halogens is 1. The van der Waals surface area contributed by atoms with Crippen molar-refractivity contribution in [1.82, 2.24) is 0 Å². The second-order valence-corrected chi connectivity index (χ2v) is 5.65. The average molecular weight is 300 g/mol. The smallest absolute Gasteiger partial charge is 0.144 e. The molecular weight excluding hydrogens is 278 g/mol. The third kappa shape index (κ3) is 4.49. The number of benzene rings is 1. The first-order chi connectivity index (χ1) is 9.40. The minimum Gasteiger partial charge on any atom is -0.497 e. The second kappa shape index (κ2) is 7.24. The van der Waals surface area contributed by atoms with Crippen LogP contribution in [0.15, 0.2) is 23.4 Å². The van der Waals surface area contributed by atoms with E-state index in [9.17, 15) is 0 Å². The van der Waals surface area contributed by atoms with E-state index in [1.54, 1.807) is 13.2 Å². The van der Waals surface area contributed by atoms with Gasteiger partial charge in [-0.05, 0) is 25.0 Å². The number of methoxy groups -OCH3 is 1. The normalized spacial score (nSPS) is 12.3. The van der Waals surface area contributed by atoms with Crippen molar-refractivity contribution in [3.63, 3.8) is 0 Å². The molecule has 0 aliphatic heterocycles. The summed E-state index contributed by atoms with van der Waals surface area (Å²) in [6.45, 7) is 4.64. The molecule has 0 spiro atoms. The summed E-state index contributed by atoms with van der Waals surface area (Å²) in [6.07, 6.45) is 1.67. The Morgan fingerprint density at radius 2 is 2.20 bits per heavy atom. The van der Waals surface area contributed by atoms with Gasteiger partial charge < -0.3 is 21.0 Å². The van der Waals surface area contributed by atoms with E-state index in [1.165, 1.54) is 0 Å².